The monoisotopic (exact) mass is 399 g/mol. The van der Waals surface area contributed by atoms with Crippen LogP contribution in [0.4, 0.5) is 0 Å². The number of aromatic nitrogens is 3. The van der Waals surface area contributed by atoms with Crippen LogP contribution in [-0.4, -0.2) is 27.9 Å². The van der Waals surface area contributed by atoms with Gasteiger partial charge in [0.2, 0.25) is 0 Å². The Labute approximate surface area is 165 Å². The molecule has 1 unspecified atom stereocenters. The number of hydrogen-bond acceptors (Lipinski definition) is 6. The van der Waals surface area contributed by atoms with Gasteiger partial charge in [0.05, 0.1) is 35.5 Å². The van der Waals surface area contributed by atoms with E-state index in [2.05, 4.69) is 23.3 Å². The highest BCUT2D eigenvalue weighted by Crippen LogP contribution is 2.30. The molecule has 2 atom stereocenters. The van der Waals surface area contributed by atoms with Crippen LogP contribution >= 0.6 is 23.6 Å². The molecular weight excluding hydrogens is 380 g/mol. The summed E-state index contributed by atoms with van der Waals surface area (Å²) in [7, 11) is 0. The second-order valence-corrected chi connectivity index (χ2v) is 8.28. The maximum atomic E-state index is 5.60. The van der Waals surface area contributed by atoms with E-state index in [4.69, 9.17) is 26.0 Å². The average Bonchev–Trinajstić information content (AvgIpc) is 3.42. The van der Waals surface area contributed by atoms with E-state index in [0.29, 0.717) is 29.1 Å². The van der Waals surface area contributed by atoms with E-state index in [1.54, 1.807) is 10.9 Å². The molecule has 0 spiro atoms. The summed E-state index contributed by atoms with van der Waals surface area (Å²) in [5, 5.41) is 5.74. The van der Waals surface area contributed by atoms with Gasteiger partial charge in [0.15, 0.2) is 12.4 Å². The highest BCUT2D eigenvalue weighted by molar-refractivity contribution is 7.71. The molecule has 3 aromatic heterocycles. The molecule has 138 valence electrons. The third-order valence-electron chi connectivity index (χ3n) is 4.99. The van der Waals surface area contributed by atoms with Crippen molar-refractivity contribution in [2.24, 2.45) is 0 Å². The summed E-state index contributed by atoms with van der Waals surface area (Å²) in [5.41, 5.74) is 1.10. The number of nitrogens with one attached hydrogen (secondary N) is 1. The fourth-order valence-corrected chi connectivity index (χ4v) is 4.97. The van der Waals surface area contributed by atoms with Crippen LogP contribution in [-0.2, 0) is 6.67 Å². The molecule has 4 heterocycles. The first-order valence-corrected chi connectivity index (χ1v) is 10.3. The topological polar surface area (TPSA) is 61.4 Å². The first-order valence-electron chi connectivity index (χ1n) is 9.07. The normalized spacial score (nSPS) is 20.3. The standard InChI is InChI=1S/C19H18N4O2S2/c26-19-23(21-17(25-19)15-7-4-10-24-15)12-22-9-3-5-13(11-22)18-20-14-6-1-2-8-16(14)27-18/h1-2,4,6-8,10,13H,3,5,9,11-12H2/p+1/t13-/m0/s1. The number of likely N-dealkylation sites (tertiary alicyclic amines) is 1. The second-order valence-electron chi connectivity index (χ2n) is 6.87. The van der Waals surface area contributed by atoms with Crippen LogP contribution in [0.5, 0.6) is 0 Å². The largest absolute Gasteiger partial charge is 0.459 e. The van der Waals surface area contributed by atoms with Crippen LogP contribution in [0.1, 0.15) is 23.8 Å². The third kappa shape index (κ3) is 3.36. The summed E-state index contributed by atoms with van der Waals surface area (Å²) < 4.78 is 14.0. The Kier molecular flexibility index (Phi) is 4.39. The number of fused-ring (bicyclic) bond motifs is 1. The Bertz CT molecular complexity index is 1080. The molecule has 1 aliphatic rings. The Hall–Kier alpha value is -2.29. The smallest absolute Gasteiger partial charge is 0.292 e. The number of para-hydroxylation sites is 1. The van der Waals surface area contributed by atoms with Crippen LogP contribution in [0.3, 0.4) is 0 Å². The van der Waals surface area contributed by atoms with Gasteiger partial charge in [0.1, 0.15) is 5.01 Å². The van der Waals surface area contributed by atoms with Crippen LogP contribution in [0.25, 0.3) is 21.9 Å². The molecule has 1 aromatic carbocycles. The molecule has 1 saturated heterocycles. The number of quaternary nitrogens is 1. The van der Waals surface area contributed by atoms with Crippen molar-refractivity contribution in [3.05, 3.63) is 52.5 Å². The Morgan fingerprint density at radius 3 is 3.04 bits per heavy atom. The third-order valence-corrected chi connectivity index (χ3v) is 6.48. The van der Waals surface area contributed by atoms with Crippen molar-refractivity contribution in [1.82, 2.24) is 14.8 Å². The minimum atomic E-state index is 0.385. The maximum absolute atomic E-state index is 5.60. The van der Waals surface area contributed by atoms with E-state index < -0.39 is 0 Å². The fourth-order valence-electron chi connectivity index (χ4n) is 3.69. The summed E-state index contributed by atoms with van der Waals surface area (Å²) >= 11 is 7.17. The first-order chi connectivity index (χ1) is 13.3. The van der Waals surface area contributed by atoms with Gasteiger partial charge in [-0.1, -0.05) is 12.1 Å². The van der Waals surface area contributed by atoms with Crippen molar-refractivity contribution in [2.45, 2.75) is 25.4 Å². The molecule has 0 saturated carbocycles. The molecule has 1 aliphatic heterocycles. The van der Waals surface area contributed by atoms with E-state index in [9.17, 15) is 0 Å². The highest BCUT2D eigenvalue weighted by atomic mass is 32.1. The number of hydrogen-bond donors (Lipinski definition) is 1. The van der Waals surface area contributed by atoms with Gasteiger partial charge in [0, 0.05) is 0 Å². The summed E-state index contributed by atoms with van der Waals surface area (Å²) in [6, 6.07) is 12.0. The number of benzene rings is 1. The molecule has 0 radical (unpaired) electrons. The van der Waals surface area contributed by atoms with Crippen molar-refractivity contribution >= 4 is 33.8 Å². The lowest BCUT2D eigenvalue weighted by atomic mass is 9.99. The maximum Gasteiger partial charge on any atom is 0.292 e. The molecule has 0 aliphatic carbocycles. The van der Waals surface area contributed by atoms with E-state index >= 15 is 0 Å². The highest BCUT2D eigenvalue weighted by Gasteiger charge is 2.28. The quantitative estimate of drug-likeness (QED) is 0.532. The van der Waals surface area contributed by atoms with Crippen molar-refractivity contribution in [2.75, 3.05) is 13.1 Å². The van der Waals surface area contributed by atoms with E-state index in [1.165, 1.54) is 27.4 Å². The predicted octanol–water partition coefficient (Wildman–Crippen LogP) is 3.50. The predicted molar refractivity (Wildman–Crippen MR) is 105 cm³/mol. The molecular formula is C19H19N4O2S2+. The number of thiazole rings is 1. The zero-order chi connectivity index (χ0) is 18.2. The van der Waals surface area contributed by atoms with Crippen LogP contribution in [0.15, 0.2) is 51.5 Å². The van der Waals surface area contributed by atoms with E-state index in [1.807, 2.05) is 29.5 Å². The summed E-state index contributed by atoms with van der Waals surface area (Å²) in [6.45, 7) is 2.83. The van der Waals surface area contributed by atoms with Crippen molar-refractivity contribution in [1.29, 1.82) is 0 Å². The molecule has 1 fully saturated rings. The van der Waals surface area contributed by atoms with Gasteiger partial charge in [0.25, 0.3) is 10.7 Å². The minimum Gasteiger partial charge on any atom is -0.459 e. The molecule has 4 aromatic rings. The Morgan fingerprint density at radius 1 is 1.26 bits per heavy atom. The van der Waals surface area contributed by atoms with E-state index in [-0.39, 0.29) is 0 Å². The van der Waals surface area contributed by atoms with Gasteiger partial charge < -0.3 is 13.7 Å². The molecule has 8 heteroatoms. The van der Waals surface area contributed by atoms with Gasteiger partial charge in [-0.15, -0.1) is 16.4 Å². The van der Waals surface area contributed by atoms with Gasteiger partial charge in [-0.05, 0) is 49.3 Å². The lowest BCUT2D eigenvalue weighted by Gasteiger charge is -2.28. The first kappa shape index (κ1) is 16.9. The molecule has 0 bridgehead atoms. The average molecular weight is 400 g/mol. The molecule has 6 nitrogen and oxygen atoms in total. The van der Waals surface area contributed by atoms with Crippen LogP contribution in [0.2, 0.25) is 0 Å². The van der Waals surface area contributed by atoms with Crippen LogP contribution in [0, 0.1) is 4.84 Å². The zero-order valence-electron chi connectivity index (χ0n) is 14.6. The van der Waals surface area contributed by atoms with Gasteiger partial charge >= 0.3 is 0 Å². The summed E-state index contributed by atoms with van der Waals surface area (Å²) in [4.78, 5) is 6.70. The number of rotatable bonds is 4. The Balaban J connectivity index is 1.33. The lowest BCUT2D eigenvalue weighted by Crippen LogP contribution is -3.12. The van der Waals surface area contributed by atoms with Crippen molar-refractivity contribution < 1.29 is 13.7 Å². The summed E-state index contributed by atoms with van der Waals surface area (Å²) in [5.74, 6) is 1.52. The Morgan fingerprint density at radius 2 is 2.19 bits per heavy atom. The molecule has 5 rings (SSSR count). The number of nitrogens with zero attached hydrogens (tertiary/aromatic N) is 3. The van der Waals surface area contributed by atoms with Gasteiger partial charge in [-0.3, -0.25) is 0 Å². The molecule has 27 heavy (non-hydrogen) atoms. The summed E-state index contributed by atoms with van der Waals surface area (Å²) in [6.07, 6.45) is 3.96. The molecule has 0 amide bonds. The lowest BCUT2D eigenvalue weighted by molar-refractivity contribution is -0.929. The van der Waals surface area contributed by atoms with Crippen molar-refractivity contribution in [3.63, 3.8) is 0 Å². The number of furan rings is 1. The zero-order valence-corrected chi connectivity index (χ0v) is 16.3. The van der Waals surface area contributed by atoms with E-state index in [0.717, 1.165) is 18.6 Å². The number of piperidine rings is 1. The van der Waals surface area contributed by atoms with Gasteiger partial charge in [-0.2, -0.15) is 4.68 Å². The van der Waals surface area contributed by atoms with Crippen LogP contribution < -0.4 is 4.90 Å². The van der Waals surface area contributed by atoms with Crippen molar-refractivity contribution in [3.8, 4) is 11.7 Å². The minimum absolute atomic E-state index is 0.385. The fraction of sp³-hybridized carbons (Fsp3) is 0.316. The second kappa shape index (κ2) is 7.03. The molecule has 1 N–H and O–H groups in total. The van der Waals surface area contributed by atoms with Gasteiger partial charge in [-0.25, -0.2) is 4.98 Å². The SMILES string of the molecule is S=c1oc(-c2ccco2)nn1C[NH+]1CCC[C@H](c2nc3ccccc3s2)C1.